The normalized spacial score (nSPS) is 15.5. The van der Waals surface area contributed by atoms with Crippen molar-refractivity contribution in [3.8, 4) is 11.6 Å². The van der Waals surface area contributed by atoms with Gasteiger partial charge in [-0.05, 0) is 48.7 Å². The van der Waals surface area contributed by atoms with Gasteiger partial charge in [-0.1, -0.05) is 18.2 Å². The maximum atomic E-state index is 12.3. The lowest BCUT2D eigenvalue weighted by molar-refractivity contribution is -0.128. The molecule has 1 aliphatic rings. The number of rotatable bonds is 6. The van der Waals surface area contributed by atoms with E-state index in [1.165, 1.54) is 0 Å². The Morgan fingerprint density at radius 3 is 2.74 bits per heavy atom. The van der Waals surface area contributed by atoms with Gasteiger partial charge in [0, 0.05) is 25.5 Å². The molecule has 0 fully saturated rings. The first-order chi connectivity index (χ1) is 13.3. The van der Waals surface area contributed by atoms with Crippen LogP contribution < -0.4 is 15.4 Å². The van der Waals surface area contributed by atoms with Crippen molar-refractivity contribution in [3.63, 3.8) is 0 Å². The molecular weight excluding hydrogens is 342 g/mol. The molecule has 3 heterocycles. The van der Waals surface area contributed by atoms with Crippen LogP contribution in [0.25, 0.3) is 5.82 Å². The van der Waals surface area contributed by atoms with Gasteiger partial charge in [-0.25, -0.2) is 0 Å². The fraction of sp³-hybridized carbons (Fsp3) is 0.250. The van der Waals surface area contributed by atoms with E-state index in [0.29, 0.717) is 25.3 Å². The van der Waals surface area contributed by atoms with Gasteiger partial charge in [0.25, 0.3) is 5.91 Å². The number of aromatic nitrogens is 3. The Hall–Kier alpha value is -3.35. The number of benzene rings is 1. The summed E-state index contributed by atoms with van der Waals surface area (Å²) in [7, 11) is 0. The number of nitrogens with one attached hydrogen (secondary N) is 2. The van der Waals surface area contributed by atoms with Crippen LogP contribution in [-0.4, -0.2) is 39.9 Å². The number of ether oxygens (including phenoxy) is 1. The highest BCUT2D eigenvalue weighted by Crippen LogP contribution is 2.26. The minimum atomic E-state index is -0.430. The summed E-state index contributed by atoms with van der Waals surface area (Å²) in [5, 5.41) is 14.4. The molecule has 1 unspecified atom stereocenters. The second-order valence-corrected chi connectivity index (χ2v) is 6.34. The van der Waals surface area contributed by atoms with E-state index in [4.69, 9.17) is 4.74 Å². The lowest BCUT2D eigenvalue weighted by atomic mass is 10.0. The minimum absolute atomic E-state index is 0.0830. The number of carbonyl (C=O) groups excluding carboxylic acids is 1. The maximum Gasteiger partial charge on any atom is 0.261 e. The fourth-order valence-electron chi connectivity index (χ4n) is 3.04. The Balaban J connectivity index is 1.22. The van der Waals surface area contributed by atoms with Crippen LogP contribution in [0.1, 0.15) is 12.0 Å². The molecule has 0 saturated heterocycles. The van der Waals surface area contributed by atoms with E-state index in [1.54, 1.807) is 0 Å². The summed E-state index contributed by atoms with van der Waals surface area (Å²) in [6.45, 7) is 1.05. The molecule has 2 N–H and O–H groups in total. The van der Waals surface area contributed by atoms with Gasteiger partial charge in [0.15, 0.2) is 11.9 Å². The molecule has 27 heavy (non-hydrogen) atoms. The van der Waals surface area contributed by atoms with Crippen LogP contribution in [0.15, 0.2) is 60.9 Å². The van der Waals surface area contributed by atoms with Crippen LogP contribution >= 0.6 is 0 Å². The summed E-state index contributed by atoms with van der Waals surface area (Å²) < 4.78 is 7.69. The first kappa shape index (κ1) is 17.1. The molecule has 0 bridgehead atoms. The third-order valence-corrected chi connectivity index (χ3v) is 4.46. The van der Waals surface area contributed by atoms with Crippen LogP contribution in [0, 0.1) is 0 Å². The van der Waals surface area contributed by atoms with Crippen LogP contribution in [0.3, 0.4) is 0 Å². The summed E-state index contributed by atoms with van der Waals surface area (Å²) in [5.41, 5.74) is 1.16. The summed E-state index contributed by atoms with van der Waals surface area (Å²) in [4.78, 5) is 12.3. The highest BCUT2D eigenvalue weighted by atomic mass is 16.5. The smallest absolute Gasteiger partial charge is 0.261 e. The molecule has 0 saturated carbocycles. The predicted octanol–water partition coefficient (Wildman–Crippen LogP) is 2.19. The first-order valence-electron chi connectivity index (χ1n) is 9.03. The van der Waals surface area contributed by atoms with Crippen LogP contribution in [-0.2, 0) is 11.2 Å². The summed E-state index contributed by atoms with van der Waals surface area (Å²) >= 11 is 0. The summed E-state index contributed by atoms with van der Waals surface area (Å²) in [6.07, 6.45) is 4.95. The molecule has 7 heteroatoms. The third kappa shape index (κ3) is 4.08. The highest BCUT2D eigenvalue weighted by molar-refractivity contribution is 5.81. The molecule has 1 aromatic carbocycles. The Morgan fingerprint density at radius 1 is 1.07 bits per heavy atom. The molecule has 0 spiro atoms. The van der Waals surface area contributed by atoms with Gasteiger partial charge in [0.2, 0.25) is 0 Å². The van der Waals surface area contributed by atoms with Gasteiger partial charge < -0.3 is 19.9 Å². The van der Waals surface area contributed by atoms with Crippen molar-refractivity contribution in [3.05, 3.63) is 66.5 Å². The van der Waals surface area contributed by atoms with Gasteiger partial charge in [-0.3, -0.25) is 4.79 Å². The quantitative estimate of drug-likeness (QED) is 0.656. The zero-order valence-corrected chi connectivity index (χ0v) is 14.8. The van der Waals surface area contributed by atoms with E-state index in [9.17, 15) is 4.79 Å². The average Bonchev–Trinajstić information content (AvgIpc) is 3.26. The van der Waals surface area contributed by atoms with Crippen molar-refractivity contribution < 1.29 is 9.53 Å². The number of amides is 1. The lowest BCUT2D eigenvalue weighted by Gasteiger charge is -2.25. The molecule has 7 nitrogen and oxygen atoms in total. The van der Waals surface area contributed by atoms with Gasteiger partial charge in [-0.2, -0.15) is 0 Å². The summed E-state index contributed by atoms with van der Waals surface area (Å²) in [5.74, 6) is 2.15. The first-order valence-corrected chi connectivity index (χ1v) is 9.03. The Kier molecular flexibility index (Phi) is 5.00. The monoisotopic (exact) mass is 363 g/mol. The predicted molar refractivity (Wildman–Crippen MR) is 102 cm³/mol. The molecule has 1 aliphatic heterocycles. The van der Waals surface area contributed by atoms with Crippen molar-refractivity contribution in [1.82, 2.24) is 20.1 Å². The lowest BCUT2D eigenvalue weighted by Crippen LogP contribution is -2.42. The Bertz CT molecular complexity index is 893. The van der Waals surface area contributed by atoms with E-state index < -0.39 is 6.10 Å². The molecule has 2 aromatic heterocycles. The zero-order chi connectivity index (χ0) is 18.5. The number of hydrogen-bond acceptors (Lipinski definition) is 5. The van der Waals surface area contributed by atoms with E-state index in [-0.39, 0.29) is 5.91 Å². The van der Waals surface area contributed by atoms with Crippen molar-refractivity contribution in [1.29, 1.82) is 0 Å². The SMILES string of the molecule is O=C(NCCNc1ccc(-n2cccc2)nn1)C1CCc2ccccc2O1. The van der Waals surface area contributed by atoms with Crippen LogP contribution in [0.5, 0.6) is 5.75 Å². The molecule has 3 aromatic rings. The zero-order valence-electron chi connectivity index (χ0n) is 14.8. The number of anilines is 1. The fourth-order valence-corrected chi connectivity index (χ4v) is 3.04. The topological polar surface area (TPSA) is 81.1 Å². The van der Waals surface area contributed by atoms with Crippen molar-refractivity contribution in [2.45, 2.75) is 18.9 Å². The Labute approximate surface area is 157 Å². The largest absolute Gasteiger partial charge is 0.480 e. The maximum absolute atomic E-state index is 12.3. The van der Waals surface area contributed by atoms with Gasteiger partial charge in [0.1, 0.15) is 11.6 Å². The number of aryl methyl sites for hydroxylation is 1. The molecule has 0 aliphatic carbocycles. The molecule has 1 amide bonds. The number of hydrogen-bond donors (Lipinski definition) is 2. The number of fused-ring (bicyclic) bond motifs is 1. The van der Waals surface area contributed by atoms with E-state index in [1.807, 2.05) is 65.5 Å². The van der Waals surface area contributed by atoms with Crippen LogP contribution in [0.4, 0.5) is 5.82 Å². The molecule has 138 valence electrons. The number of nitrogens with zero attached hydrogens (tertiary/aromatic N) is 3. The average molecular weight is 363 g/mol. The number of carbonyl (C=O) groups is 1. The van der Waals surface area contributed by atoms with Crippen LogP contribution in [0.2, 0.25) is 0 Å². The molecular formula is C20H21N5O2. The standard InChI is InChI=1S/C20H21N5O2/c26-20(17-8-7-15-5-1-2-6-16(15)27-17)22-12-11-21-18-9-10-19(24-23-18)25-13-3-4-14-25/h1-6,9-10,13-14,17H,7-8,11-12H2,(H,21,23)(H,22,26). The Morgan fingerprint density at radius 2 is 1.93 bits per heavy atom. The van der Waals surface area contributed by atoms with Crippen molar-refractivity contribution >= 4 is 11.7 Å². The van der Waals surface area contributed by atoms with Gasteiger partial charge in [-0.15, -0.1) is 10.2 Å². The molecule has 1 atom stereocenters. The third-order valence-electron chi connectivity index (χ3n) is 4.46. The van der Waals surface area contributed by atoms with E-state index in [2.05, 4.69) is 20.8 Å². The van der Waals surface area contributed by atoms with Crippen molar-refractivity contribution in [2.24, 2.45) is 0 Å². The second-order valence-electron chi connectivity index (χ2n) is 6.34. The minimum Gasteiger partial charge on any atom is -0.480 e. The van der Waals surface area contributed by atoms with E-state index >= 15 is 0 Å². The van der Waals surface area contributed by atoms with Gasteiger partial charge >= 0.3 is 0 Å². The molecule has 0 radical (unpaired) electrons. The second kappa shape index (κ2) is 7.90. The van der Waals surface area contributed by atoms with Crippen molar-refractivity contribution in [2.75, 3.05) is 18.4 Å². The number of para-hydroxylation sites is 1. The highest BCUT2D eigenvalue weighted by Gasteiger charge is 2.25. The van der Waals surface area contributed by atoms with E-state index in [0.717, 1.165) is 23.6 Å². The summed E-state index contributed by atoms with van der Waals surface area (Å²) in [6, 6.07) is 15.5. The molecule has 4 rings (SSSR count). The van der Waals surface area contributed by atoms with Gasteiger partial charge in [0.05, 0.1) is 0 Å².